The van der Waals surface area contributed by atoms with Crippen molar-refractivity contribution in [1.82, 2.24) is 10.1 Å². The summed E-state index contributed by atoms with van der Waals surface area (Å²) < 4.78 is 5.25. The maximum Gasteiger partial charge on any atom is 0.246 e. The third-order valence-corrected chi connectivity index (χ3v) is 3.60. The summed E-state index contributed by atoms with van der Waals surface area (Å²) in [4.78, 5) is 4.38. The first-order chi connectivity index (χ1) is 9.70. The lowest BCUT2D eigenvalue weighted by molar-refractivity contribution is 0.384. The van der Waals surface area contributed by atoms with Crippen molar-refractivity contribution in [2.75, 3.05) is 5.32 Å². The molecule has 3 aromatic rings. The number of aromatic nitrogens is 2. The second kappa shape index (κ2) is 5.46. The van der Waals surface area contributed by atoms with E-state index in [1.54, 1.807) is 11.3 Å². The molecule has 0 radical (unpaired) electrons. The minimum Gasteiger partial charge on any atom is -0.376 e. The van der Waals surface area contributed by atoms with Crippen LogP contribution in [0.4, 0.5) is 5.69 Å². The van der Waals surface area contributed by atoms with Crippen molar-refractivity contribution in [2.45, 2.75) is 20.4 Å². The molecule has 0 aliphatic rings. The number of nitrogens with one attached hydrogen (secondary N) is 1. The van der Waals surface area contributed by atoms with Crippen LogP contribution in [0.2, 0.25) is 0 Å². The molecule has 0 aliphatic carbocycles. The zero-order valence-electron chi connectivity index (χ0n) is 11.4. The van der Waals surface area contributed by atoms with Crippen LogP contribution in [0.3, 0.4) is 0 Å². The molecule has 0 saturated carbocycles. The lowest BCUT2D eigenvalue weighted by Gasteiger charge is -2.06. The van der Waals surface area contributed by atoms with Crippen LogP contribution in [0.25, 0.3) is 11.4 Å². The Labute approximate surface area is 121 Å². The van der Waals surface area contributed by atoms with Gasteiger partial charge in [-0.05, 0) is 48.6 Å². The van der Waals surface area contributed by atoms with Gasteiger partial charge in [-0.25, -0.2) is 0 Å². The number of nitrogens with zero attached hydrogens (tertiary/aromatic N) is 2. The normalized spacial score (nSPS) is 10.7. The van der Waals surface area contributed by atoms with Gasteiger partial charge in [-0.1, -0.05) is 11.2 Å². The molecule has 5 heteroatoms. The summed E-state index contributed by atoms with van der Waals surface area (Å²) in [6.07, 6.45) is 0. The van der Waals surface area contributed by atoms with Crippen LogP contribution < -0.4 is 5.32 Å². The van der Waals surface area contributed by atoms with Crippen molar-refractivity contribution in [1.29, 1.82) is 0 Å². The molecule has 1 N–H and O–H groups in total. The van der Waals surface area contributed by atoms with Gasteiger partial charge in [0.1, 0.15) is 0 Å². The van der Waals surface area contributed by atoms with Crippen LogP contribution in [-0.2, 0) is 6.54 Å². The Bertz CT molecular complexity index is 683. The monoisotopic (exact) mass is 285 g/mol. The highest BCUT2D eigenvalue weighted by Crippen LogP contribution is 2.19. The van der Waals surface area contributed by atoms with Crippen LogP contribution in [-0.4, -0.2) is 10.1 Å². The van der Waals surface area contributed by atoms with E-state index in [2.05, 4.69) is 47.5 Å². The molecule has 102 valence electrons. The Morgan fingerprint density at radius 1 is 1.20 bits per heavy atom. The molecule has 0 saturated heterocycles. The molecule has 1 aromatic carbocycles. The smallest absolute Gasteiger partial charge is 0.246 e. The fourth-order valence-corrected chi connectivity index (χ4v) is 2.72. The van der Waals surface area contributed by atoms with E-state index in [4.69, 9.17) is 4.52 Å². The third kappa shape index (κ3) is 2.88. The van der Waals surface area contributed by atoms with Crippen LogP contribution in [0.5, 0.6) is 0 Å². The summed E-state index contributed by atoms with van der Waals surface area (Å²) in [5.74, 6) is 1.23. The molecule has 0 atom stereocenters. The standard InChI is InChI=1S/C15H15N3OS/c1-10-5-11(2)7-13(6-10)16-8-14-17-15(18-19-14)12-3-4-20-9-12/h3-7,9,16H,8H2,1-2H3. The summed E-state index contributed by atoms with van der Waals surface area (Å²) in [6, 6.07) is 8.33. The number of thiophene rings is 1. The van der Waals surface area contributed by atoms with Crippen LogP contribution >= 0.6 is 11.3 Å². The number of aryl methyl sites for hydroxylation is 2. The maximum atomic E-state index is 5.25. The number of anilines is 1. The molecule has 20 heavy (non-hydrogen) atoms. The summed E-state index contributed by atoms with van der Waals surface area (Å²) in [5.41, 5.74) is 4.53. The van der Waals surface area contributed by atoms with Crippen molar-refractivity contribution in [2.24, 2.45) is 0 Å². The molecule has 0 unspecified atom stereocenters. The van der Waals surface area contributed by atoms with Gasteiger partial charge in [0.15, 0.2) is 0 Å². The average molecular weight is 285 g/mol. The second-order valence-electron chi connectivity index (χ2n) is 4.75. The molecule has 0 bridgehead atoms. The highest BCUT2D eigenvalue weighted by molar-refractivity contribution is 7.08. The van der Waals surface area contributed by atoms with Gasteiger partial charge < -0.3 is 9.84 Å². The summed E-state index contributed by atoms with van der Waals surface area (Å²) in [5, 5.41) is 11.3. The molecule has 0 fully saturated rings. The SMILES string of the molecule is Cc1cc(C)cc(NCc2nc(-c3ccsc3)no2)c1. The molecule has 0 amide bonds. The van der Waals surface area contributed by atoms with Gasteiger partial charge >= 0.3 is 0 Å². The molecular formula is C15H15N3OS. The van der Waals surface area contributed by atoms with E-state index in [-0.39, 0.29) is 0 Å². The van der Waals surface area contributed by atoms with Gasteiger partial charge in [-0.2, -0.15) is 16.3 Å². The van der Waals surface area contributed by atoms with Gasteiger partial charge in [0.25, 0.3) is 0 Å². The van der Waals surface area contributed by atoms with E-state index in [1.165, 1.54) is 11.1 Å². The molecule has 0 aliphatic heterocycles. The third-order valence-electron chi connectivity index (χ3n) is 2.91. The number of rotatable bonds is 4. The van der Waals surface area contributed by atoms with Gasteiger partial charge in [0.2, 0.25) is 11.7 Å². The molecule has 3 rings (SSSR count). The molecule has 2 heterocycles. The Balaban J connectivity index is 1.69. The number of benzene rings is 1. The average Bonchev–Trinajstić information content (AvgIpc) is 3.06. The van der Waals surface area contributed by atoms with Crippen molar-refractivity contribution in [3.63, 3.8) is 0 Å². The largest absolute Gasteiger partial charge is 0.376 e. The van der Waals surface area contributed by atoms with Crippen molar-refractivity contribution in [3.05, 3.63) is 52.0 Å². The quantitative estimate of drug-likeness (QED) is 0.786. The first kappa shape index (κ1) is 12.9. The van der Waals surface area contributed by atoms with Crippen molar-refractivity contribution < 1.29 is 4.52 Å². The number of hydrogen-bond acceptors (Lipinski definition) is 5. The minimum absolute atomic E-state index is 0.528. The Kier molecular flexibility index (Phi) is 3.52. The zero-order chi connectivity index (χ0) is 13.9. The second-order valence-corrected chi connectivity index (χ2v) is 5.53. The predicted octanol–water partition coefficient (Wildman–Crippen LogP) is 4.03. The van der Waals surface area contributed by atoms with Crippen LogP contribution in [0.1, 0.15) is 17.0 Å². The van der Waals surface area contributed by atoms with Gasteiger partial charge in [-0.15, -0.1) is 0 Å². The van der Waals surface area contributed by atoms with Gasteiger partial charge in [0.05, 0.1) is 6.54 Å². The summed E-state index contributed by atoms with van der Waals surface area (Å²) >= 11 is 1.62. The summed E-state index contributed by atoms with van der Waals surface area (Å²) in [7, 11) is 0. The van der Waals surface area contributed by atoms with Crippen molar-refractivity contribution in [3.8, 4) is 11.4 Å². The van der Waals surface area contributed by atoms with Crippen molar-refractivity contribution >= 4 is 17.0 Å². The zero-order valence-corrected chi connectivity index (χ0v) is 12.2. The van der Waals surface area contributed by atoms with Crippen LogP contribution in [0.15, 0.2) is 39.5 Å². The first-order valence-electron chi connectivity index (χ1n) is 6.38. The lowest BCUT2D eigenvalue weighted by atomic mass is 10.1. The predicted molar refractivity (Wildman–Crippen MR) is 80.9 cm³/mol. The Morgan fingerprint density at radius 3 is 2.70 bits per heavy atom. The van der Waals surface area contributed by atoms with Gasteiger partial charge in [0, 0.05) is 16.6 Å². The van der Waals surface area contributed by atoms with E-state index in [0.717, 1.165) is 11.3 Å². The van der Waals surface area contributed by atoms with E-state index >= 15 is 0 Å². The molecular weight excluding hydrogens is 270 g/mol. The van der Waals surface area contributed by atoms with E-state index in [0.29, 0.717) is 18.3 Å². The molecule has 4 nitrogen and oxygen atoms in total. The fourth-order valence-electron chi connectivity index (χ4n) is 2.09. The summed E-state index contributed by atoms with van der Waals surface area (Å²) in [6.45, 7) is 4.69. The van der Waals surface area contributed by atoms with E-state index < -0.39 is 0 Å². The van der Waals surface area contributed by atoms with E-state index in [1.807, 2.05) is 16.8 Å². The maximum absolute atomic E-state index is 5.25. The topological polar surface area (TPSA) is 51.0 Å². The van der Waals surface area contributed by atoms with E-state index in [9.17, 15) is 0 Å². The number of hydrogen-bond donors (Lipinski definition) is 1. The van der Waals surface area contributed by atoms with Gasteiger partial charge in [-0.3, -0.25) is 0 Å². The minimum atomic E-state index is 0.528. The first-order valence-corrected chi connectivity index (χ1v) is 7.32. The highest BCUT2D eigenvalue weighted by Gasteiger charge is 2.08. The highest BCUT2D eigenvalue weighted by atomic mass is 32.1. The lowest BCUT2D eigenvalue weighted by Crippen LogP contribution is -2.00. The fraction of sp³-hybridized carbons (Fsp3) is 0.200. The molecule has 0 spiro atoms. The Morgan fingerprint density at radius 2 is 2.00 bits per heavy atom. The molecule has 2 aromatic heterocycles. The Hall–Kier alpha value is -2.14. The van der Waals surface area contributed by atoms with Crippen LogP contribution in [0, 0.1) is 13.8 Å².